The van der Waals surface area contributed by atoms with E-state index in [1.807, 2.05) is 0 Å². The van der Waals surface area contributed by atoms with Crippen LogP contribution >= 0.6 is 23.2 Å². The fourth-order valence-electron chi connectivity index (χ4n) is 5.31. The van der Waals surface area contributed by atoms with Crippen molar-refractivity contribution in [3.63, 3.8) is 0 Å². The molecule has 180 valence electrons. The van der Waals surface area contributed by atoms with Crippen LogP contribution in [-0.4, -0.2) is 35.6 Å². The molecule has 0 unspecified atom stereocenters. The van der Waals surface area contributed by atoms with Gasteiger partial charge in [0.25, 0.3) is 0 Å². The summed E-state index contributed by atoms with van der Waals surface area (Å²) in [6, 6.07) is 0. The molecule has 0 aromatic rings. The van der Waals surface area contributed by atoms with Crippen LogP contribution in [0.15, 0.2) is 0 Å². The van der Waals surface area contributed by atoms with Crippen LogP contribution in [0.5, 0.6) is 0 Å². The van der Waals surface area contributed by atoms with E-state index in [-0.39, 0.29) is 46.1 Å². The first kappa shape index (κ1) is 25.5. The molecule has 0 radical (unpaired) electrons. The van der Waals surface area contributed by atoms with Crippen molar-refractivity contribution in [3.05, 3.63) is 0 Å². The highest BCUT2D eigenvalue weighted by Gasteiger charge is 2.32. The number of rotatable bonds is 8. The molecule has 0 saturated heterocycles. The Bertz CT molecular complexity index is 614. The van der Waals surface area contributed by atoms with Crippen molar-refractivity contribution in [2.75, 3.05) is 13.2 Å². The van der Waals surface area contributed by atoms with Gasteiger partial charge in [0.05, 0.1) is 25.0 Å². The van der Waals surface area contributed by atoms with Gasteiger partial charge >= 0.3 is 11.9 Å². The van der Waals surface area contributed by atoms with Crippen LogP contribution in [0.2, 0.25) is 0 Å². The summed E-state index contributed by atoms with van der Waals surface area (Å²) in [6.45, 7) is 0.893. The number of esters is 2. The molecule has 3 aliphatic rings. The molecule has 0 aromatic heterocycles. The Morgan fingerprint density at radius 3 is 1.06 bits per heavy atom. The number of carbonyl (C=O) groups excluding carboxylic acids is 4. The van der Waals surface area contributed by atoms with Crippen molar-refractivity contribution in [3.8, 4) is 0 Å². The molecule has 32 heavy (non-hydrogen) atoms. The van der Waals surface area contributed by atoms with E-state index in [9.17, 15) is 19.2 Å². The van der Waals surface area contributed by atoms with Crippen LogP contribution in [-0.2, 0) is 28.7 Å². The molecule has 3 aliphatic carbocycles. The highest BCUT2D eigenvalue weighted by atomic mass is 35.5. The van der Waals surface area contributed by atoms with Crippen LogP contribution in [0.4, 0.5) is 0 Å². The molecule has 0 amide bonds. The zero-order valence-electron chi connectivity index (χ0n) is 18.6. The zero-order chi connectivity index (χ0) is 23.1. The van der Waals surface area contributed by atoms with E-state index in [2.05, 4.69) is 0 Å². The molecule has 3 fully saturated rings. The Hall–Kier alpha value is -1.14. The first-order valence-corrected chi connectivity index (χ1v) is 12.8. The van der Waals surface area contributed by atoms with E-state index in [0.29, 0.717) is 76.4 Å². The summed E-state index contributed by atoms with van der Waals surface area (Å²) < 4.78 is 11.2. The Labute approximate surface area is 200 Å². The van der Waals surface area contributed by atoms with Gasteiger partial charge in [0.1, 0.15) is 0 Å². The number of hydrogen-bond donors (Lipinski definition) is 0. The Morgan fingerprint density at radius 2 is 0.781 bits per heavy atom. The monoisotopic (exact) mass is 488 g/mol. The largest absolute Gasteiger partial charge is 0.465 e. The van der Waals surface area contributed by atoms with Crippen LogP contribution in [0, 0.1) is 35.5 Å². The van der Waals surface area contributed by atoms with E-state index in [1.54, 1.807) is 0 Å². The highest BCUT2D eigenvalue weighted by molar-refractivity contribution is 6.64. The standard InChI is InChI=1S/C24H34Cl2O6/c25-21(27)17-5-9-19(10-6-17)23(29)31-13-15-1-2-16(4-3-15)14-32-24(30)20-11-7-18(8-12-20)22(26)28/h15-20H,1-14H2. The van der Waals surface area contributed by atoms with Crippen molar-refractivity contribution >= 4 is 45.6 Å². The van der Waals surface area contributed by atoms with E-state index < -0.39 is 0 Å². The molecule has 0 spiro atoms. The second kappa shape index (κ2) is 12.4. The topological polar surface area (TPSA) is 86.7 Å². The quantitative estimate of drug-likeness (QED) is 0.352. The third-order valence-electron chi connectivity index (χ3n) is 7.65. The molecule has 0 heterocycles. The maximum absolute atomic E-state index is 12.3. The first-order chi connectivity index (χ1) is 15.3. The minimum Gasteiger partial charge on any atom is -0.465 e. The number of hydrogen-bond acceptors (Lipinski definition) is 6. The lowest BCUT2D eigenvalue weighted by molar-refractivity contribution is -0.154. The van der Waals surface area contributed by atoms with Crippen molar-refractivity contribution < 1.29 is 28.7 Å². The van der Waals surface area contributed by atoms with Crippen LogP contribution in [0.1, 0.15) is 77.0 Å². The van der Waals surface area contributed by atoms with Crippen molar-refractivity contribution in [2.24, 2.45) is 35.5 Å². The minimum absolute atomic E-state index is 0.115. The maximum Gasteiger partial charge on any atom is 0.308 e. The minimum atomic E-state index is -0.297. The predicted molar refractivity (Wildman–Crippen MR) is 120 cm³/mol. The maximum atomic E-state index is 12.3. The Morgan fingerprint density at radius 1 is 0.500 bits per heavy atom. The fourth-order valence-corrected chi connectivity index (χ4v) is 5.75. The van der Waals surface area contributed by atoms with Gasteiger partial charge in [-0.15, -0.1) is 0 Å². The average molecular weight is 489 g/mol. The normalized spacial score (nSPS) is 33.2. The number of carbonyl (C=O) groups is 4. The lowest BCUT2D eigenvalue weighted by Crippen LogP contribution is -2.29. The smallest absolute Gasteiger partial charge is 0.308 e. The van der Waals surface area contributed by atoms with Crippen LogP contribution in [0.3, 0.4) is 0 Å². The molecule has 0 bridgehead atoms. The average Bonchev–Trinajstić information content (AvgIpc) is 2.81. The van der Waals surface area contributed by atoms with Gasteiger partial charge in [0, 0.05) is 11.8 Å². The Balaban J connectivity index is 1.27. The highest BCUT2D eigenvalue weighted by Crippen LogP contribution is 2.34. The molecule has 6 nitrogen and oxygen atoms in total. The van der Waals surface area contributed by atoms with Gasteiger partial charge in [0.2, 0.25) is 10.5 Å². The molecular weight excluding hydrogens is 455 g/mol. The van der Waals surface area contributed by atoms with Gasteiger partial charge in [-0.25, -0.2) is 0 Å². The Kier molecular flexibility index (Phi) is 9.84. The van der Waals surface area contributed by atoms with E-state index in [4.69, 9.17) is 32.7 Å². The molecule has 8 heteroatoms. The van der Waals surface area contributed by atoms with Gasteiger partial charge in [-0.05, 0) is 112 Å². The lowest BCUT2D eigenvalue weighted by atomic mass is 9.82. The molecule has 3 rings (SSSR count). The summed E-state index contributed by atoms with van der Waals surface area (Å²) in [7, 11) is 0. The number of halogens is 2. The second-order valence-corrected chi connectivity index (χ2v) is 10.6. The summed E-state index contributed by atoms with van der Waals surface area (Å²) in [5, 5.41) is -0.594. The van der Waals surface area contributed by atoms with Crippen LogP contribution in [0.25, 0.3) is 0 Å². The molecule has 0 aliphatic heterocycles. The van der Waals surface area contributed by atoms with Crippen molar-refractivity contribution in [2.45, 2.75) is 77.0 Å². The predicted octanol–water partition coefficient (Wildman–Crippen LogP) is 5.02. The van der Waals surface area contributed by atoms with Crippen LogP contribution < -0.4 is 0 Å². The summed E-state index contributed by atoms with van der Waals surface area (Å²) >= 11 is 11.1. The van der Waals surface area contributed by atoms with Gasteiger partial charge in [0.15, 0.2) is 0 Å². The van der Waals surface area contributed by atoms with Crippen molar-refractivity contribution in [1.29, 1.82) is 0 Å². The molecule has 0 atom stereocenters. The molecule has 0 aromatic carbocycles. The summed E-state index contributed by atoms with van der Waals surface area (Å²) in [5.41, 5.74) is 0. The van der Waals surface area contributed by atoms with E-state index in [1.165, 1.54) is 0 Å². The summed E-state index contributed by atoms with van der Waals surface area (Å²) in [6.07, 6.45) is 9.20. The van der Waals surface area contributed by atoms with Crippen molar-refractivity contribution in [1.82, 2.24) is 0 Å². The van der Waals surface area contributed by atoms with E-state index in [0.717, 1.165) is 25.7 Å². The van der Waals surface area contributed by atoms with Gasteiger partial charge in [-0.3, -0.25) is 19.2 Å². The second-order valence-electron chi connectivity index (χ2n) is 9.85. The SMILES string of the molecule is O=C(Cl)C1CCC(C(=O)OCC2CCC(COC(=O)C3CCC(C(=O)Cl)CC3)CC2)CC1. The molecule has 3 saturated carbocycles. The molecular formula is C24H34Cl2O6. The van der Waals surface area contributed by atoms with Gasteiger partial charge < -0.3 is 9.47 Å². The summed E-state index contributed by atoms with van der Waals surface area (Å²) in [4.78, 5) is 47.2. The lowest BCUT2D eigenvalue weighted by Gasteiger charge is -2.30. The molecule has 0 N–H and O–H groups in total. The summed E-state index contributed by atoms with van der Waals surface area (Å²) in [5.74, 6) is -0.0412. The third-order valence-corrected chi connectivity index (χ3v) is 8.27. The number of ether oxygens (including phenoxy) is 2. The first-order valence-electron chi connectivity index (χ1n) is 12.1. The van der Waals surface area contributed by atoms with Gasteiger partial charge in [-0.2, -0.15) is 0 Å². The van der Waals surface area contributed by atoms with Gasteiger partial charge in [-0.1, -0.05) is 0 Å². The van der Waals surface area contributed by atoms with E-state index >= 15 is 0 Å². The zero-order valence-corrected chi connectivity index (χ0v) is 20.1. The third kappa shape index (κ3) is 7.44. The fraction of sp³-hybridized carbons (Fsp3) is 0.833.